The Bertz CT molecular complexity index is 725. The lowest BCUT2D eigenvalue weighted by molar-refractivity contribution is -0.244. The number of hydrogen-bond donors (Lipinski definition) is 0. The minimum Gasteiger partial charge on any atom is -0.465 e. The molecule has 9 heteroatoms. The Kier molecular flexibility index (Phi) is 7.19. The molecule has 3 heterocycles. The van der Waals surface area contributed by atoms with Gasteiger partial charge in [-0.3, -0.25) is 9.59 Å². The minimum absolute atomic E-state index is 0.155. The highest BCUT2D eigenvalue weighted by molar-refractivity contribution is 5.95. The average molecular weight is 483 g/mol. The summed E-state index contributed by atoms with van der Waals surface area (Å²) >= 11 is 0. The quantitative estimate of drug-likeness (QED) is 0.418. The highest BCUT2D eigenvalue weighted by Gasteiger charge is 2.64. The number of fused-ring (bicyclic) bond motifs is 1. The maximum atomic E-state index is 12.9. The Hall–Kier alpha value is -1.26. The second-order valence-corrected chi connectivity index (χ2v) is 10.1. The first kappa shape index (κ1) is 24.4. The molecule has 0 aromatic rings. The van der Waals surface area contributed by atoms with E-state index in [1.165, 1.54) is 6.42 Å². The molecule has 0 radical (unpaired) electrons. The number of hydrogen-bond acceptors (Lipinski definition) is 9. The van der Waals surface area contributed by atoms with Gasteiger partial charge in [-0.15, -0.1) is 0 Å². The summed E-state index contributed by atoms with van der Waals surface area (Å²) in [4.78, 5) is 25.8. The Labute approximate surface area is 201 Å². The highest BCUT2D eigenvalue weighted by Crippen LogP contribution is 2.50. The van der Waals surface area contributed by atoms with Gasteiger partial charge in [-0.25, -0.2) is 0 Å². The van der Waals surface area contributed by atoms with Gasteiger partial charge in [0.15, 0.2) is 17.5 Å². The molecular weight excluding hydrogens is 444 g/mol. The van der Waals surface area contributed by atoms with Crippen molar-refractivity contribution in [2.45, 2.75) is 120 Å². The van der Waals surface area contributed by atoms with Crippen LogP contribution in [0.15, 0.2) is 0 Å². The smallest absolute Gasteiger partial charge is 0.323 e. The molecule has 2 aliphatic carbocycles. The van der Waals surface area contributed by atoms with E-state index in [4.69, 9.17) is 33.2 Å². The monoisotopic (exact) mass is 482 g/mol. The molecule has 1 unspecified atom stereocenters. The topological polar surface area (TPSA) is 98.8 Å². The van der Waals surface area contributed by atoms with Crippen molar-refractivity contribution in [1.82, 2.24) is 0 Å². The zero-order valence-electron chi connectivity index (χ0n) is 20.3. The van der Waals surface area contributed by atoms with Gasteiger partial charge in [-0.2, -0.15) is 0 Å². The molecule has 0 amide bonds. The van der Waals surface area contributed by atoms with Gasteiger partial charge in [-0.1, -0.05) is 12.8 Å². The molecule has 3 saturated heterocycles. The molecule has 2 spiro atoms. The predicted molar refractivity (Wildman–Crippen MR) is 118 cm³/mol. The molecule has 5 atom stereocenters. The van der Waals surface area contributed by atoms with Gasteiger partial charge in [-0.05, 0) is 39.5 Å². The number of ether oxygens (including phenoxy) is 7. The van der Waals surface area contributed by atoms with Gasteiger partial charge in [0.05, 0.1) is 19.8 Å². The van der Waals surface area contributed by atoms with E-state index in [9.17, 15) is 9.59 Å². The standard InChI is InChI=1S/C25H38O9/c1-3-28-22(26)17(23(27)29-4-2)19-21-20(33-25(34-21)13-9-6-10-14-25)18(31-19)16-15-30-24(32-16)11-7-5-8-12-24/h16-21H,3-15H2,1-2H3/t16?,18-,19-,20+,21-/m1/s1. The van der Waals surface area contributed by atoms with Crippen LogP contribution in [0.4, 0.5) is 0 Å². The lowest BCUT2D eigenvalue weighted by Crippen LogP contribution is -2.45. The van der Waals surface area contributed by atoms with Gasteiger partial charge in [0.1, 0.15) is 30.5 Å². The molecule has 34 heavy (non-hydrogen) atoms. The summed E-state index contributed by atoms with van der Waals surface area (Å²) in [7, 11) is 0. The molecule has 2 saturated carbocycles. The van der Waals surface area contributed by atoms with Crippen molar-refractivity contribution >= 4 is 11.9 Å². The van der Waals surface area contributed by atoms with Crippen LogP contribution in [-0.2, 0) is 42.7 Å². The summed E-state index contributed by atoms with van der Waals surface area (Å²) < 4.78 is 42.7. The molecule has 9 nitrogen and oxygen atoms in total. The fourth-order valence-corrected chi connectivity index (χ4v) is 6.32. The Morgan fingerprint density at radius 1 is 0.765 bits per heavy atom. The van der Waals surface area contributed by atoms with E-state index in [2.05, 4.69) is 0 Å². The fourth-order valence-electron chi connectivity index (χ4n) is 6.32. The van der Waals surface area contributed by atoms with E-state index in [0.29, 0.717) is 6.61 Å². The summed E-state index contributed by atoms with van der Waals surface area (Å²) in [5.41, 5.74) is 0. The third kappa shape index (κ3) is 4.50. The van der Waals surface area contributed by atoms with E-state index >= 15 is 0 Å². The lowest BCUT2D eigenvalue weighted by Gasteiger charge is -2.36. The van der Waals surface area contributed by atoms with Crippen LogP contribution >= 0.6 is 0 Å². The number of rotatable bonds is 6. The normalized spacial score (nSPS) is 36.1. The maximum Gasteiger partial charge on any atom is 0.323 e. The number of carbonyl (C=O) groups excluding carboxylic acids is 2. The van der Waals surface area contributed by atoms with Crippen LogP contribution in [0.2, 0.25) is 0 Å². The third-order valence-corrected chi connectivity index (χ3v) is 7.87. The molecule has 0 aromatic heterocycles. The van der Waals surface area contributed by atoms with Gasteiger partial charge < -0.3 is 33.2 Å². The van der Waals surface area contributed by atoms with Crippen LogP contribution in [0.5, 0.6) is 0 Å². The molecule has 5 rings (SSSR count). The van der Waals surface area contributed by atoms with Crippen LogP contribution in [0.3, 0.4) is 0 Å². The molecule has 5 aliphatic rings. The molecule has 0 aromatic carbocycles. The first-order valence-electron chi connectivity index (χ1n) is 13.2. The fraction of sp³-hybridized carbons (Fsp3) is 0.920. The summed E-state index contributed by atoms with van der Waals surface area (Å²) in [6, 6.07) is 0. The van der Waals surface area contributed by atoms with Crippen LogP contribution in [-0.4, -0.2) is 73.9 Å². The van der Waals surface area contributed by atoms with Gasteiger partial charge in [0.2, 0.25) is 0 Å². The second-order valence-electron chi connectivity index (χ2n) is 10.1. The first-order chi connectivity index (χ1) is 16.5. The number of esters is 2. The van der Waals surface area contributed by atoms with Gasteiger partial charge in [0, 0.05) is 25.7 Å². The van der Waals surface area contributed by atoms with Gasteiger partial charge >= 0.3 is 11.9 Å². The second kappa shape index (κ2) is 10.0. The number of carbonyl (C=O) groups is 2. The van der Waals surface area contributed by atoms with E-state index < -0.39 is 53.8 Å². The van der Waals surface area contributed by atoms with Gasteiger partial charge in [0.25, 0.3) is 0 Å². The molecular formula is C25H38O9. The van der Waals surface area contributed by atoms with E-state index in [0.717, 1.165) is 57.8 Å². The zero-order valence-corrected chi connectivity index (χ0v) is 20.3. The minimum atomic E-state index is -1.24. The molecule has 5 fully saturated rings. The summed E-state index contributed by atoms with van der Waals surface area (Å²) in [6.07, 6.45) is 7.02. The zero-order chi connectivity index (χ0) is 23.8. The van der Waals surface area contributed by atoms with Crippen molar-refractivity contribution in [1.29, 1.82) is 0 Å². The van der Waals surface area contributed by atoms with Crippen LogP contribution in [0, 0.1) is 5.92 Å². The van der Waals surface area contributed by atoms with Crippen molar-refractivity contribution in [3.63, 3.8) is 0 Å². The molecule has 0 N–H and O–H groups in total. The average Bonchev–Trinajstić information content (AvgIpc) is 3.48. The van der Waals surface area contributed by atoms with Crippen molar-refractivity contribution in [3.05, 3.63) is 0 Å². The van der Waals surface area contributed by atoms with E-state index in [-0.39, 0.29) is 19.3 Å². The highest BCUT2D eigenvalue weighted by atomic mass is 16.8. The molecule has 0 bridgehead atoms. The maximum absolute atomic E-state index is 12.9. The Morgan fingerprint density at radius 3 is 1.91 bits per heavy atom. The van der Waals surface area contributed by atoms with Crippen molar-refractivity contribution < 1.29 is 42.7 Å². The predicted octanol–water partition coefficient (Wildman–Crippen LogP) is 3.02. The van der Waals surface area contributed by atoms with Crippen molar-refractivity contribution in [2.24, 2.45) is 5.92 Å². The molecule has 3 aliphatic heterocycles. The van der Waals surface area contributed by atoms with E-state index in [1.54, 1.807) is 13.8 Å². The van der Waals surface area contributed by atoms with Crippen molar-refractivity contribution in [2.75, 3.05) is 19.8 Å². The summed E-state index contributed by atoms with van der Waals surface area (Å²) in [6.45, 7) is 4.12. The van der Waals surface area contributed by atoms with Crippen molar-refractivity contribution in [3.8, 4) is 0 Å². The largest absolute Gasteiger partial charge is 0.465 e. The lowest BCUT2D eigenvalue weighted by atomic mass is 9.94. The summed E-state index contributed by atoms with van der Waals surface area (Å²) in [5.74, 6) is -3.84. The molecule has 192 valence electrons. The Morgan fingerprint density at radius 2 is 1.32 bits per heavy atom. The first-order valence-corrected chi connectivity index (χ1v) is 13.2. The SMILES string of the molecule is CCOC(=O)C(C(=O)OCC)[C@H]1O[C@H](C2COC3(CCCCC3)O2)[C@@H]2OC3(CCCCC3)O[C@@H]21. The van der Waals surface area contributed by atoms with E-state index in [1.807, 2.05) is 0 Å². The van der Waals surface area contributed by atoms with Crippen LogP contribution < -0.4 is 0 Å². The van der Waals surface area contributed by atoms with Crippen LogP contribution in [0.25, 0.3) is 0 Å². The van der Waals surface area contributed by atoms with Crippen LogP contribution in [0.1, 0.15) is 78.1 Å². The third-order valence-electron chi connectivity index (χ3n) is 7.87. The summed E-state index contributed by atoms with van der Waals surface area (Å²) in [5, 5.41) is 0. The Balaban J connectivity index is 1.41.